The van der Waals surface area contributed by atoms with Gasteiger partial charge in [0.1, 0.15) is 22.0 Å². The highest BCUT2D eigenvalue weighted by Gasteiger charge is 2.22. The number of nitrogens with zero attached hydrogens (tertiary/aromatic N) is 3. The van der Waals surface area contributed by atoms with Gasteiger partial charge in [0, 0.05) is 18.2 Å². The van der Waals surface area contributed by atoms with Gasteiger partial charge in [-0.3, -0.25) is 0 Å². The highest BCUT2D eigenvalue weighted by atomic mass is 32.1. The molecule has 0 saturated carbocycles. The van der Waals surface area contributed by atoms with Crippen LogP contribution in [0.3, 0.4) is 0 Å². The second kappa shape index (κ2) is 10.3. The van der Waals surface area contributed by atoms with Crippen molar-refractivity contribution >= 4 is 39.8 Å². The van der Waals surface area contributed by atoms with Crippen molar-refractivity contribution in [2.24, 2.45) is 0 Å². The van der Waals surface area contributed by atoms with Gasteiger partial charge in [-0.15, -0.1) is 11.3 Å². The van der Waals surface area contributed by atoms with Crippen molar-refractivity contribution in [1.29, 1.82) is 0 Å². The standard InChI is InChI=1S/C27H31N5O3S/c1-16-13-18(22(34-3)15-19(16)17-6-10-32(2)11-7-17)14-23-29-20-5-9-28-24(20)26(31-23)30-21-8-12-36-25(21)27(33)35-4/h5,8-9,12-13,15,17,28H,6-7,10-11,14H2,1-4H3,(H,29,30,31). The summed E-state index contributed by atoms with van der Waals surface area (Å²) in [7, 11) is 5.29. The fourth-order valence-corrected chi connectivity index (χ4v) is 5.74. The SMILES string of the molecule is COC(=O)c1sccc1Nc1nc(Cc2cc(C)c(C3CCN(C)CC3)cc2OC)nc2cc[nH]c12. The number of rotatable bonds is 7. The molecule has 4 aromatic rings. The molecule has 1 saturated heterocycles. The van der Waals surface area contributed by atoms with Gasteiger partial charge in [0.15, 0.2) is 5.82 Å². The first-order valence-electron chi connectivity index (χ1n) is 12.1. The van der Waals surface area contributed by atoms with E-state index in [2.05, 4.69) is 41.3 Å². The molecule has 0 unspecified atom stereocenters. The highest BCUT2D eigenvalue weighted by molar-refractivity contribution is 7.12. The zero-order valence-corrected chi connectivity index (χ0v) is 21.9. The maximum Gasteiger partial charge on any atom is 0.350 e. The molecule has 1 aliphatic rings. The minimum atomic E-state index is -0.380. The Morgan fingerprint density at radius 3 is 2.78 bits per heavy atom. The number of anilines is 2. The summed E-state index contributed by atoms with van der Waals surface area (Å²) in [5.41, 5.74) is 5.95. The van der Waals surface area contributed by atoms with Crippen molar-refractivity contribution in [3.8, 4) is 5.75 Å². The van der Waals surface area contributed by atoms with E-state index < -0.39 is 0 Å². The lowest BCUT2D eigenvalue weighted by atomic mass is 9.85. The number of likely N-dealkylation sites (tertiary alicyclic amines) is 1. The predicted molar refractivity (Wildman–Crippen MR) is 143 cm³/mol. The molecule has 1 aromatic carbocycles. The van der Waals surface area contributed by atoms with Crippen LogP contribution in [-0.2, 0) is 11.2 Å². The molecule has 0 bridgehead atoms. The average molecular weight is 506 g/mol. The van der Waals surface area contributed by atoms with Gasteiger partial charge in [-0.2, -0.15) is 0 Å². The Morgan fingerprint density at radius 1 is 1.22 bits per heavy atom. The van der Waals surface area contributed by atoms with Gasteiger partial charge < -0.3 is 24.7 Å². The topological polar surface area (TPSA) is 92.4 Å². The van der Waals surface area contributed by atoms with Crippen LogP contribution in [-0.4, -0.2) is 60.2 Å². The Morgan fingerprint density at radius 2 is 2.03 bits per heavy atom. The molecule has 0 atom stereocenters. The van der Waals surface area contributed by atoms with Gasteiger partial charge in [-0.1, -0.05) is 6.07 Å². The molecule has 36 heavy (non-hydrogen) atoms. The summed E-state index contributed by atoms with van der Waals surface area (Å²) in [5.74, 6) is 2.33. The Labute approximate surface area is 214 Å². The average Bonchev–Trinajstić information content (AvgIpc) is 3.54. The van der Waals surface area contributed by atoms with Gasteiger partial charge in [0.2, 0.25) is 0 Å². The van der Waals surface area contributed by atoms with E-state index in [1.54, 1.807) is 7.11 Å². The number of ether oxygens (including phenoxy) is 2. The lowest BCUT2D eigenvalue weighted by Gasteiger charge is -2.30. The number of benzene rings is 1. The van der Waals surface area contributed by atoms with Gasteiger partial charge in [-0.25, -0.2) is 14.8 Å². The molecule has 1 aliphatic heterocycles. The number of aryl methyl sites for hydroxylation is 1. The smallest absolute Gasteiger partial charge is 0.350 e. The fourth-order valence-electron chi connectivity index (χ4n) is 4.97. The summed E-state index contributed by atoms with van der Waals surface area (Å²) in [6.45, 7) is 4.43. The number of carbonyl (C=O) groups is 1. The molecule has 9 heteroatoms. The first-order chi connectivity index (χ1) is 17.5. The summed E-state index contributed by atoms with van der Waals surface area (Å²) in [6.07, 6.45) is 4.70. The van der Waals surface area contributed by atoms with Crippen molar-refractivity contribution in [2.75, 3.05) is 39.7 Å². The molecule has 4 heterocycles. The molecule has 5 rings (SSSR count). The van der Waals surface area contributed by atoms with Crippen LogP contribution in [0, 0.1) is 6.92 Å². The number of fused-ring (bicyclic) bond motifs is 1. The number of methoxy groups -OCH3 is 2. The van der Waals surface area contributed by atoms with E-state index in [0.717, 1.165) is 48.3 Å². The van der Waals surface area contributed by atoms with Crippen LogP contribution in [0.5, 0.6) is 5.75 Å². The van der Waals surface area contributed by atoms with Crippen LogP contribution in [0.25, 0.3) is 11.0 Å². The lowest BCUT2D eigenvalue weighted by Crippen LogP contribution is -2.29. The molecule has 2 N–H and O–H groups in total. The number of hydrogen-bond acceptors (Lipinski definition) is 8. The number of nitrogens with one attached hydrogen (secondary N) is 2. The fraction of sp³-hybridized carbons (Fsp3) is 0.370. The van der Waals surface area contributed by atoms with E-state index in [9.17, 15) is 4.79 Å². The van der Waals surface area contributed by atoms with Crippen molar-refractivity contribution in [3.63, 3.8) is 0 Å². The highest BCUT2D eigenvalue weighted by Crippen LogP contribution is 2.35. The third-order valence-corrected chi connectivity index (χ3v) is 7.81. The largest absolute Gasteiger partial charge is 0.496 e. The second-order valence-electron chi connectivity index (χ2n) is 9.28. The first kappa shape index (κ1) is 24.3. The Hall–Kier alpha value is -3.43. The Bertz CT molecular complexity index is 1390. The van der Waals surface area contributed by atoms with Crippen molar-refractivity contribution < 1.29 is 14.3 Å². The molecular weight excluding hydrogens is 474 g/mol. The normalized spacial score (nSPS) is 14.8. The van der Waals surface area contributed by atoms with Gasteiger partial charge in [-0.05, 0) is 80.5 Å². The van der Waals surface area contributed by atoms with E-state index in [1.165, 1.54) is 29.6 Å². The molecule has 188 valence electrons. The van der Waals surface area contributed by atoms with Crippen LogP contribution in [0.4, 0.5) is 11.5 Å². The third kappa shape index (κ3) is 4.81. The minimum absolute atomic E-state index is 0.380. The van der Waals surface area contributed by atoms with E-state index in [-0.39, 0.29) is 5.97 Å². The summed E-state index contributed by atoms with van der Waals surface area (Å²) in [4.78, 5) is 27.9. The van der Waals surface area contributed by atoms with Crippen LogP contribution in [0.2, 0.25) is 0 Å². The number of aromatic nitrogens is 3. The van der Waals surface area contributed by atoms with Gasteiger partial charge in [0.05, 0.1) is 25.4 Å². The van der Waals surface area contributed by atoms with Crippen LogP contribution in [0.1, 0.15) is 50.9 Å². The molecule has 3 aromatic heterocycles. The number of carbonyl (C=O) groups excluding carboxylic acids is 1. The maximum absolute atomic E-state index is 12.2. The molecular formula is C27H31N5O3S. The summed E-state index contributed by atoms with van der Waals surface area (Å²) in [5, 5.41) is 5.16. The number of H-pyrrole nitrogens is 1. The molecule has 8 nitrogen and oxygen atoms in total. The molecule has 0 amide bonds. The predicted octanol–water partition coefficient (Wildman–Crippen LogP) is 5.27. The second-order valence-corrected chi connectivity index (χ2v) is 10.2. The Balaban J connectivity index is 1.46. The van der Waals surface area contributed by atoms with Crippen molar-refractivity contribution in [3.05, 3.63) is 63.2 Å². The van der Waals surface area contributed by atoms with Crippen molar-refractivity contribution in [2.45, 2.75) is 32.1 Å². The molecule has 0 radical (unpaired) electrons. The number of piperidine rings is 1. The third-order valence-electron chi connectivity index (χ3n) is 6.92. The summed E-state index contributed by atoms with van der Waals surface area (Å²) >= 11 is 1.33. The van der Waals surface area contributed by atoms with E-state index in [1.807, 2.05) is 23.7 Å². The van der Waals surface area contributed by atoms with Gasteiger partial charge in [0.25, 0.3) is 0 Å². The number of esters is 1. The molecule has 0 spiro atoms. The number of aromatic amines is 1. The lowest BCUT2D eigenvalue weighted by molar-refractivity contribution is 0.0607. The molecule has 0 aliphatic carbocycles. The maximum atomic E-state index is 12.2. The molecule has 1 fully saturated rings. The van der Waals surface area contributed by atoms with Crippen LogP contribution in [0.15, 0.2) is 35.8 Å². The van der Waals surface area contributed by atoms with E-state index in [0.29, 0.717) is 34.5 Å². The van der Waals surface area contributed by atoms with Gasteiger partial charge >= 0.3 is 5.97 Å². The van der Waals surface area contributed by atoms with Crippen molar-refractivity contribution in [1.82, 2.24) is 19.9 Å². The zero-order chi connectivity index (χ0) is 25.2. The summed E-state index contributed by atoms with van der Waals surface area (Å²) in [6, 6.07) is 8.20. The van der Waals surface area contributed by atoms with Crippen LogP contribution >= 0.6 is 11.3 Å². The van der Waals surface area contributed by atoms with E-state index >= 15 is 0 Å². The van der Waals surface area contributed by atoms with E-state index in [4.69, 9.17) is 19.4 Å². The minimum Gasteiger partial charge on any atom is -0.496 e. The first-order valence-corrected chi connectivity index (χ1v) is 13.0. The van der Waals surface area contributed by atoms with Crippen LogP contribution < -0.4 is 10.1 Å². The quantitative estimate of drug-likeness (QED) is 0.331. The zero-order valence-electron chi connectivity index (χ0n) is 21.1. The Kier molecular flexibility index (Phi) is 6.93. The monoisotopic (exact) mass is 505 g/mol. The summed E-state index contributed by atoms with van der Waals surface area (Å²) < 4.78 is 10.7. The number of thiophene rings is 1. The number of hydrogen-bond donors (Lipinski definition) is 2.